The summed E-state index contributed by atoms with van der Waals surface area (Å²) in [7, 11) is 0. The van der Waals surface area contributed by atoms with E-state index in [1.165, 1.54) is 11.3 Å². The van der Waals surface area contributed by atoms with Crippen LogP contribution in [0, 0.1) is 0 Å². The third kappa shape index (κ3) is 2.68. The van der Waals surface area contributed by atoms with E-state index >= 15 is 0 Å². The second kappa shape index (κ2) is 5.18. The van der Waals surface area contributed by atoms with Crippen LogP contribution in [0.3, 0.4) is 0 Å². The van der Waals surface area contributed by atoms with Crippen LogP contribution >= 0.6 is 11.3 Å². The Balaban J connectivity index is 2.24. The van der Waals surface area contributed by atoms with Crippen molar-refractivity contribution in [1.29, 1.82) is 0 Å². The number of thiazole rings is 1. The van der Waals surface area contributed by atoms with E-state index in [9.17, 15) is 4.79 Å². The molecule has 0 fully saturated rings. The number of anilines is 1. The van der Waals surface area contributed by atoms with Crippen LogP contribution in [0.15, 0.2) is 24.3 Å². The van der Waals surface area contributed by atoms with Crippen LogP contribution in [0.2, 0.25) is 0 Å². The summed E-state index contributed by atoms with van der Waals surface area (Å²) in [5.41, 5.74) is 8.09. The summed E-state index contributed by atoms with van der Waals surface area (Å²) in [5.74, 6) is -0.895. The Morgan fingerprint density at radius 2 is 2.06 bits per heavy atom. The molecule has 5 heteroatoms. The molecule has 0 saturated carbocycles. The van der Waals surface area contributed by atoms with Crippen molar-refractivity contribution in [1.82, 2.24) is 4.98 Å². The molecule has 2 rings (SSSR count). The van der Waals surface area contributed by atoms with Gasteiger partial charge in [-0.2, -0.15) is 0 Å². The molecule has 3 N–H and O–H groups in total. The standard InChI is InChI=1S/C13H14N2O2S/c1-2-10-12(13(16)17)18-11(15-10)7-8-3-5-9(14)6-4-8/h3-6H,2,7,14H2,1H3,(H,16,17). The highest BCUT2D eigenvalue weighted by atomic mass is 32.1. The Morgan fingerprint density at radius 1 is 1.39 bits per heavy atom. The molecule has 0 atom stereocenters. The van der Waals surface area contributed by atoms with E-state index in [1.54, 1.807) is 0 Å². The first-order chi connectivity index (χ1) is 8.60. The molecule has 94 valence electrons. The van der Waals surface area contributed by atoms with E-state index < -0.39 is 5.97 Å². The molecule has 0 unspecified atom stereocenters. The molecule has 4 nitrogen and oxygen atoms in total. The fraction of sp³-hybridized carbons (Fsp3) is 0.231. The zero-order chi connectivity index (χ0) is 13.1. The molecule has 0 aliphatic heterocycles. The summed E-state index contributed by atoms with van der Waals surface area (Å²) in [5, 5.41) is 9.89. The van der Waals surface area contributed by atoms with Crippen LogP contribution < -0.4 is 5.73 Å². The Kier molecular flexibility index (Phi) is 3.62. The summed E-state index contributed by atoms with van der Waals surface area (Å²) in [4.78, 5) is 15.8. The molecule has 18 heavy (non-hydrogen) atoms. The number of carbonyl (C=O) groups is 1. The van der Waals surface area contributed by atoms with E-state index in [0.717, 1.165) is 16.3 Å². The second-order valence-corrected chi connectivity index (χ2v) is 5.04. The maximum Gasteiger partial charge on any atom is 0.347 e. The molecule has 0 aliphatic carbocycles. The zero-order valence-electron chi connectivity index (χ0n) is 10.0. The van der Waals surface area contributed by atoms with E-state index in [1.807, 2.05) is 31.2 Å². The van der Waals surface area contributed by atoms with E-state index in [2.05, 4.69) is 4.98 Å². The lowest BCUT2D eigenvalue weighted by atomic mass is 10.1. The number of carboxylic acid groups (broad SMARTS) is 1. The first-order valence-corrected chi connectivity index (χ1v) is 6.48. The van der Waals surface area contributed by atoms with Crippen molar-refractivity contribution in [3.05, 3.63) is 45.4 Å². The topological polar surface area (TPSA) is 76.2 Å². The molecule has 1 aromatic carbocycles. The van der Waals surface area contributed by atoms with Gasteiger partial charge in [0.05, 0.1) is 10.7 Å². The number of nitrogens with two attached hydrogens (primary N) is 1. The Morgan fingerprint density at radius 3 is 2.56 bits per heavy atom. The number of aromatic carboxylic acids is 1. The average molecular weight is 262 g/mol. The van der Waals surface area contributed by atoms with Gasteiger partial charge in [-0.3, -0.25) is 0 Å². The van der Waals surface area contributed by atoms with Crippen LogP contribution in [-0.2, 0) is 12.8 Å². The first kappa shape index (κ1) is 12.6. The molecule has 0 spiro atoms. The van der Waals surface area contributed by atoms with Gasteiger partial charge in [-0.05, 0) is 24.1 Å². The predicted molar refractivity (Wildman–Crippen MR) is 72.1 cm³/mol. The van der Waals surface area contributed by atoms with Gasteiger partial charge in [-0.25, -0.2) is 9.78 Å². The molecule has 0 radical (unpaired) electrons. The summed E-state index contributed by atoms with van der Waals surface area (Å²) >= 11 is 1.25. The number of carboxylic acids is 1. The number of aryl methyl sites for hydroxylation is 1. The lowest BCUT2D eigenvalue weighted by Crippen LogP contribution is -1.97. The van der Waals surface area contributed by atoms with Gasteiger partial charge in [0.2, 0.25) is 0 Å². The number of aromatic nitrogens is 1. The van der Waals surface area contributed by atoms with Crippen LogP contribution in [0.25, 0.3) is 0 Å². The first-order valence-electron chi connectivity index (χ1n) is 5.66. The van der Waals surface area contributed by atoms with Crippen molar-refractivity contribution in [3.63, 3.8) is 0 Å². The van der Waals surface area contributed by atoms with Crippen molar-refractivity contribution in [2.75, 3.05) is 5.73 Å². The third-order valence-electron chi connectivity index (χ3n) is 2.61. The van der Waals surface area contributed by atoms with Crippen LogP contribution in [0.1, 0.15) is 32.9 Å². The average Bonchev–Trinajstić information content (AvgIpc) is 2.75. The number of rotatable bonds is 4. The van der Waals surface area contributed by atoms with Gasteiger partial charge in [0.1, 0.15) is 4.88 Å². The van der Waals surface area contributed by atoms with Crippen molar-refractivity contribution >= 4 is 23.0 Å². The Hall–Kier alpha value is -1.88. The van der Waals surface area contributed by atoms with E-state index in [0.29, 0.717) is 23.4 Å². The van der Waals surface area contributed by atoms with Gasteiger partial charge < -0.3 is 10.8 Å². The predicted octanol–water partition coefficient (Wildman–Crippen LogP) is 2.58. The minimum absolute atomic E-state index is 0.350. The quantitative estimate of drug-likeness (QED) is 0.830. The smallest absolute Gasteiger partial charge is 0.347 e. The van der Waals surface area contributed by atoms with Crippen molar-refractivity contribution in [3.8, 4) is 0 Å². The number of nitrogens with zero attached hydrogens (tertiary/aromatic N) is 1. The molecule has 1 heterocycles. The zero-order valence-corrected chi connectivity index (χ0v) is 10.8. The van der Waals surface area contributed by atoms with Crippen LogP contribution in [-0.4, -0.2) is 16.1 Å². The summed E-state index contributed by atoms with van der Waals surface area (Å²) in [6, 6.07) is 7.54. The summed E-state index contributed by atoms with van der Waals surface area (Å²) < 4.78 is 0. The maximum absolute atomic E-state index is 11.0. The summed E-state index contributed by atoms with van der Waals surface area (Å²) in [6.07, 6.45) is 1.28. The number of hydrogen-bond acceptors (Lipinski definition) is 4. The minimum atomic E-state index is -0.895. The number of hydrogen-bond donors (Lipinski definition) is 2. The van der Waals surface area contributed by atoms with Crippen LogP contribution in [0.4, 0.5) is 5.69 Å². The molecule has 0 bridgehead atoms. The lowest BCUT2D eigenvalue weighted by Gasteiger charge is -1.98. The van der Waals surface area contributed by atoms with E-state index in [-0.39, 0.29) is 0 Å². The summed E-state index contributed by atoms with van der Waals surface area (Å²) in [6.45, 7) is 1.91. The Bertz CT molecular complexity index is 561. The van der Waals surface area contributed by atoms with Gasteiger partial charge in [0.15, 0.2) is 0 Å². The molecule has 0 aliphatic rings. The SMILES string of the molecule is CCc1nc(Cc2ccc(N)cc2)sc1C(=O)O. The number of benzene rings is 1. The fourth-order valence-corrected chi connectivity index (χ4v) is 2.72. The van der Waals surface area contributed by atoms with Crippen LogP contribution in [0.5, 0.6) is 0 Å². The molecular formula is C13H14N2O2S. The molecule has 0 saturated heterocycles. The highest BCUT2D eigenvalue weighted by Crippen LogP contribution is 2.22. The minimum Gasteiger partial charge on any atom is -0.477 e. The third-order valence-corrected chi connectivity index (χ3v) is 3.69. The monoisotopic (exact) mass is 262 g/mol. The molecule has 1 aromatic heterocycles. The van der Waals surface area contributed by atoms with Crippen molar-refractivity contribution in [2.24, 2.45) is 0 Å². The van der Waals surface area contributed by atoms with Gasteiger partial charge in [0, 0.05) is 12.1 Å². The van der Waals surface area contributed by atoms with Gasteiger partial charge in [-0.15, -0.1) is 11.3 Å². The van der Waals surface area contributed by atoms with Gasteiger partial charge in [0.25, 0.3) is 0 Å². The van der Waals surface area contributed by atoms with Gasteiger partial charge in [-0.1, -0.05) is 19.1 Å². The normalized spacial score (nSPS) is 10.5. The molecule has 2 aromatic rings. The van der Waals surface area contributed by atoms with E-state index in [4.69, 9.17) is 10.8 Å². The van der Waals surface area contributed by atoms with Gasteiger partial charge >= 0.3 is 5.97 Å². The fourth-order valence-electron chi connectivity index (χ4n) is 1.69. The number of nitrogen functional groups attached to an aromatic ring is 1. The molecular weight excluding hydrogens is 248 g/mol. The second-order valence-electron chi connectivity index (χ2n) is 3.96. The Labute approximate surface area is 109 Å². The highest BCUT2D eigenvalue weighted by molar-refractivity contribution is 7.13. The largest absolute Gasteiger partial charge is 0.477 e. The maximum atomic E-state index is 11.0. The van der Waals surface area contributed by atoms with Crippen molar-refractivity contribution in [2.45, 2.75) is 19.8 Å². The highest BCUT2D eigenvalue weighted by Gasteiger charge is 2.15. The lowest BCUT2D eigenvalue weighted by molar-refractivity contribution is 0.0701. The van der Waals surface area contributed by atoms with Crippen molar-refractivity contribution < 1.29 is 9.90 Å². The molecule has 0 amide bonds.